The molecule has 3 N–H and O–H groups in total. The van der Waals surface area contributed by atoms with Gasteiger partial charge in [-0.15, -0.1) is 0 Å². The number of ether oxygens (including phenoxy) is 1. The summed E-state index contributed by atoms with van der Waals surface area (Å²) in [7, 11) is 0. The van der Waals surface area contributed by atoms with Crippen LogP contribution in [0.5, 0.6) is 17.2 Å². The number of phenols is 1. The number of H-pyrrole nitrogens is 1. The first-order chi connectivity index (χ1) is 13.7. The van der Waals surface area contributed by atoms with Crippen LogP contribution < -0.4 is 16.0 Å². The number of aliphatic hydroxyl groups is 1. The Kier molecular flexibility index (Phi) is 5.97. The van der Waals surface area contributed by atoms with Crippen LogP contribution in [0.2, 0.25) is 10.0 Å². The van der Waals surface area contributed by atoms with Crippen molar-refractivity contribution in [2.75, 3.05) is 0 Å². The summed E-state index contributed by atoms with van der Waals surface area (Å²) in [6.07, 6.45) is 0.0658. The first-order valence-corrected chi connectivity index (χ1v) is 9.30. The van der Waals surface area contributed by atoms with E-state index in [0.717, 1.165) is 10.9 Å². The molecule has 8 nitrogen and oxygen atoms in total. The van der Waals surface area contributed by atoms with Crippen LogP contribution in [0.15, 0.2) is 46.1 Å². The van der Waals surface area contributed by atoms with E-state index in [1.807, 2.05) is 13.8 Å². The summed E-state index contributed by atoms with van der Waals surface area (Å²) in [6, 6.07) is 7.20. The van der Waals surface area contributed by atoms with Crippen molar-refractivity contribution < 1.29 is 14.9 Å². The SMILES string of the molecule is CC(C)C(O)c1cc(Oc2c(Cl)cc(-n3ncc(=O)[nH]c3=O)cc2Cl)ccc1O. The summed E-state index contributed by atoms with van der Waals surface area (Å²) in [5, 5.41) is 24.2. The Morgan fingerprint density at radius 2 is 1.79 bits per heavy atom. The fourth-order valence-corrected chi connectivity index (χ4v) is 3.17. The summed E-state index contributed by atoms with van der Waals surface area (Å²) in [5.74, 6) is 0.235. The van der Waals surface area contributed by atoms with Crippen LogP contribution in [0.1, 0.15) is 25.5 Å². The molecule has 3 rings (SSSR count). The Labute approximate surface area is 174 Å². The van der Waals surface area contributed by atoms with Crippen LogP contribution in [-0.4, -0.2) is 25.0 Å². The largest absolute Gasteiger partial charge is 0.508 e. The molecule has 1 aromatic heterocycles. The van der Waals surface area contributed by atoms with Crippen molar-refractivity contribution >= 4 is 23.2 Å². The zero-order valence-corrected chi connectivity index (χ0v) is 16.9. The Bertz CT molecular complexity index is 1150. The number of phenolic OH excluding ortho intramolecular Hbond substituents is 1. The third-order valence-corrected chi connectivity index (χ3v) is 4.67. The van der Waals surface area contributed by atoms with Crippen molar-refractivity contribution in [1.82, 2.24) is 14.8 Å². The van der Waals surface area contributed by atoms with Gasteiger partial charge in [-0.05, 0) is 36.2 Å². The number of rotatable bonds is 5. The molecule has 3 aromatic rings. The fourth-order valence-electron chi connectivity index (χ4n) is 2.61. The van der Waals surface area contributed by atoms with E-state index in [1.54, 1.807) is 0 Å². The zero-order chi connectivity index (χ0) is 21.3. The fraction of sp³-hybridized carbons (Fsp3) is 0.211. The van der Waals surface area contributed by atoms with E-state index >= 15 is 0 Å². The normalized spacial score (nSPS) is 12.2. The average molecular weight is 438 g/mol. The number of hydrogen-bond donors (Lipinski definition) is 3. The molecule has 0 saturated heterocycles. The molecule has 0 aliphatic heterocycles. The number of benzene rings is 2. The average Bonchev–Trinajstić information content (AvgIpc) is 2.65. The van der Waals surface area contributed by atoms with E-state index in [0.29, 0.717) is 11.3 Å². The van der Waals surface area contributed by atoms with Crippen molar-refractivity contribution in [3.8, 4) is 22.9 Å². The molecule has 0 aliphatic carbocycles. The van der Waals surface area contributed by atoms with E-state index in [-0.39, 0.29) is 33.1 Å². The van der Waals surface area contributed by atoms with Gasteiger partial charge in [-0.25, -0.2) is 4.79 Å². The molecule has 10 heteroatoms. The van der Waals surface area contributed by atoms with Crippen molar-refractivity contribution in [3.63, 3.8) is 0 Å². The van der Waals surface area contributed by atoms with Gasteiger partial charge in [0.15, 0.2) is 5.75 Å². The van der Waals surface area contributed by atoms with Gasteiger partial charge in [0.2, 0.25) is 0 Å². The Morgan fingerprint density at radius 3 is 2.38 bits per heavy atom. The maximum atomic E-state index is 11.9. The third-order valence-electron chi connectivity index (χ3n) is 4.11. The molecule has 152 valence electrons. The van der Waals surface area contributed by atoms with Gasteiger partial charge < -0.3 is 14.9 Å². The summed E-state index contributed by atoms with van der Waals surface area (Å²) in [4.78, 5) is 25.2. The first kappa shape index (κ1) is 20.9. The lowest BCUT2D eigenvalue weighted by atomic mass is 9.98. The van der Waals surface area contributed by atoms with Gasteiger partial charge in [0.05, 0.1) is 21.8 Å². The number of aliphatic hydroxyl groups excluding tert-OH is 1. The summed E-state index contributed by atoms with van der Waals surface area (Å²) in [6.45, 7) is 3.63. The molecule has 1 unspecified atom stereocenters. The number of halogens is 2. The van der Waals surface area contributed by atoms with E-state index in [4.69, 9.17) is 27.9 Å². The molecule has 0 aliphatic rings. The minimum absolute atomic E-state index is 0.0605. The molecule has 0 radical (unpaired) electrons. The van der Waals surface area contributed by atoms with Crippen molar-refractivity contribution in [3.05, 3.63) is 73.0 Å². The van der Waals surface area contributed by atoms with Crippen LogP contribution in [0, 0.1) is 5.92 Å². The van der Waals surface area contributed by atoms with Crippen LogP contribution >= 0.6 is 23.2 Å². The minimum Gasteiger partial charge on any atom is -0.508 e. The quantitative estimate of drug-likeness (QED) is 0.562. The maximum absolute atomic E-state index is 11.9. The number of hydrogen-bond acceptors (Lipinski definition) is 6. The number of nitrogens with zero attached hydrogens (tertiary/aromatic N) is 2. The number of aromatic nitrogens is 3. The van der Waals surface area contributed by atoms with Gasteiger partial charge in [-0.2, -0.15) is 9.78 Å². The molecular weight excluding hydrogens is 421 g/mol. The molecule has 1 atom stereocenters. The van der Waals surface area contributed by atoms with Crippen LogP contribution in [0.25, 0.3) is 5.69 Å². The van der Waals surface area contributed by atoms with Crippen LogP contribution in [0.4, 0.5) is 0 Å². The zero-order valence-electron chi connectivity index (χ0n) is 15.4. The summed E-state index contributed by atoms with van der Waals surface area (Å²) in [5.41, 5.74) is -0.833. The summed E-state index contributed by atoms with van der Waals surface area (Å²) < 4.78 is 6.69. The molecule has 0 bridgehead atoms. The monoisotopic (exact) mass is 437 g/mol. The molecule has 29 heavy (non-hydrogen) atoms. The van der Waals surface area contributed by atoms with Crippen molar-refractivity contribution in [2.45, 2.75) is 20.0 Å². The Balaban J connectivity index is 1.98. The predicted octanol–water partition coefficient (Wildman–Crippen LogP) is 3.41. The Hall–Kier alpha value is -2.81. The topological polar surface area (TPSA) is 117 Å². The third kappa shape index (κ3) is 4.45. The van der Waals surface area contributed by atoms with Crippen LogP contribution in [0.3, 0.4) is 0 Å². The van der Waals surface area contributed by atoms with Gasteiger partial charge >= 0.3 is 5.69 Å². The second-order valence-corrected chi connectivity index (χ2v) is 7.42. The molecule has 1 heterocycles. The highest BCUT2D eigenvalue weighted by molar-refractivity contribution is 6.37. The lowest BCUT2D eigenvalue weighted by Crippen LogP contribution is -2.30. The van der Waals surface area contributed by atoms with Gasteiger partial charge in [-0.1, -0.05) is 37.0 Å². The lowest BCUT2D eigenvalue weighted by molar-refractivity contribution is 0.123. The molecule has 0 saturated carbocycles. The highest BCUT2D eigenvalue weighted by Crippen LogP contribution is 2.40. The lowest BCUT2D eigenvalue weighted by Gasteiger charge is -2.18. The Morgan fingerprint density at radius 1 is 1.14 bits per heavy atom. The second kappa shape index (κ2) is 8.28. The predicted molar refractivity (Wildman–Crippen MR) is 108 cm³/mol. The smallest absolute Gasteiger partial charge is 0.349 e. The van der Waals surface area contributed by atoms with E-state index in [1.165, 1.54) is 30.3 Å². The highest BCUT2D eigenvalue weighted by Gasteiger charge is 2.19. The number of aromatic amines is 1. The van der Waals surface area contributed by atoms with Gasteiger partial charge in [-0.3, -0.25) is 9.78 Å². The summed E-state index contributed by atoms with van der Waals surface area (Å²) >= 11 is 12.6. The minimum atomic E-state index is -0.884. The molecule has 0 spiro atoms. The van der Waals surface area contributed by atoms with Crippen molar-refractivity contribution in [2.24, 2.45) is 5.92 Å². The van der Waals surface area contributed by atoms with E-state index < -0.39 is 17.4 Å². The number of nitrogens with one attached hydrogen (secondary N) is 1. The molecule has 0 amide bonds. The first-order valence-electron chi connectivity index (χ1n) is 8.54. The standard InChI is InChI=1S/C19H17Cl2N3O5/c1-9(2)17(27)12-7-11(3-4-15(12)25)29-18-13(20)5-10(6-14(18)21)24-19(28)23-16(26)8-22-24/h3-9,17,25,27H,1-2H3,(H,23,26,28). The van der Waals surface area contributed by atoms with E-state index in [9.17, 15) is 19.8 Å². The van der Waals surface area contributed by atoms with Crippen LogP contribution in [-0.2, 0) is 0 Å². The second-order valence-electron chi connectivity index (χ2n) is 6.60. The van der Waals surface area contributed by atoms with Gasteiger partial charge in [0.25, 0.3) is 5.56 Å². The molecular formula is C19H17Cl2N3O5. The van der Waals surface area contributed by atoms with Gasteiger partial charge in [0, 0.05) is 5.56 Å². The highest BCUT2D eigenvalue weighted by atomic mass is 35.5. The maximum Gasteiger partial charge on any atom is 0.349 e. The van der Waals surface area contributed by atoms with E-state index in [2.05, 4.69) is 10.1 Å². The van der Waals surface area contributed by atoms with Gasteiger partial charge in [0.1, 0.15) is 17.7 Å². The molecule has 0 fully saturated rings. The van der Waals surface area contributed by atoms with Crippen molar-refractivity contribution in [1.29, 1.82) is 0 Å². The number of aromatic hydroxyl groups is 1. The molecule has 2 aromatic carbocycles.